The third kappa shape index (κ3) is 3.12. The number of anilines is 2. The quantitative estimate of drug-likeness (QED) is 0.886. The number of pyridine rings is 1. The highest BCUT2D eigenvalue weighted by molar-refractivity contribution is 5.61. The summed E-state index contributed by atoms with van der Waals surface area (Å²) in [6, 6.07) is 14.8. The molecule has 1 N–H and O–H groups in total. The molecule has 1 unspecified atom stereocenters. The van der Waals surface area contributed by atoms with Crippen molar-refractivity contribution in [2.24, 2.45) is 0 Å². The van der Waals surface area contributed by atoms with E-state index >= 15 is 0 Å². The number of benzene rings is 1. The van der Waals surface area contributed by atoms with Gasteiger partial charge in [0.15, 0.2) is 0 Å². The minimum atomic E-state index is 0.330. The third-order valence-electron chi connectivity index (χ3n) is 3.42. The lowest BCUT2D eigenvalue weighted by molar-refractivity contribution is 0.562. The first-order chi connectivity index (χ1) is 9.26. The van der Waals surface area contributed by atoms with Crippen LogP contribution in [0.15, 0.2) is 48.7 Å². The standard InChI is InChI=1S/C16H21N3/c1-4-15(17-2)16-11-10-14(12-18-16)19(3)13-8-6-5-7-9-13/h5-12,15,17H,4H2,1-3H3. The Morgan fingerprint density at radius 3 is 2.37 bits per heavy atom. The second kappa shape index (κ2) is 6.34. The predicted molar refractivity (Wildman–Crippen MR) is 80.8 cm³/mol. The van der Waals surface area contributed by atoms with Gasteiger partial charge >= 0.3 is 0 Å². The average Bonchev–Trinajstić information content (AvgIpc) is 2.49. The first-order valence-corrected chi connectivity index (χ1v) is 6.68. The normalized spacial score (nSPS) is 12.2. The molecule has 0 saturated carbocycles. The van der Waals surface area contributed by atoms with E-state index in [2.05, 4.69) is 53.4 Å². The van der Waals surface area contributed by atoms with Gasteiger partial charge in [-0.1, -0.05) is 25.1 Å². The summed E-state index contributed by atoms with van der Waals surface area (Å²) in [5.41, 5.74) is 3.36. The Hall–Kier alpha value is -1.87. The van der Waals surface area contributed by atoms with Crippen LogP contribution in [0.25, 0.3) is 0 Å². The van der Waals surface area contributed by atoms with Crippen LogP contribution in [0, 0.1) is 0 Å². The van der Waals surface area contributed by atoms with Gasteiger partial charge in [0.05, 0.1) is 17.6 Å². The molecule has 0 fully saturated rings. The van der Waals surface area contributed by atoms with Crippen LogP contribution in [0.5, 0.6) is 0 Å². The van der Waals surface area contributed by atoms with Crippen molar-refractivity contribution in [1.82, 2.24) is 10.3 Å². The number of para-hydroxylation sites is 1. The molecule has 0 aliphatic heterocycles. The van der Waals surface area contributed by atoms with Crippen molar-refractivity contribution in [3.63, 3.8) is 0 Å². The second-order valence-electron chi connectivity index (χ2n) is 4.59. The van der Waals surface area contributed by atoms with Gasteiger partial charge in [0, 0.05) is 18.8 Å². The zero-order valence-corrected chi connectivity index (χ0v) is 11.8. The summed E-state index contributed by atoms with van der Waals surface area (Å²) in [5, 5.41) is 3.27. The first-order valence-electron chi connectivity index (χ1n) is 6.68. The van der Waals surface area contributed by atoms with E-state index in [4.69, 9.17) is 0 Å². The van der Waals surface area contributed by atoms with E-state index < -0.39 is 0 Å². The zero-order valence-electron chi connectivity index (χ0n) is 11.8. The second-order valence-corrected chi connectivity index (χ2v) is 4.59. The number of hydrogen-bond donors (Lipinski definition) is 1. The maximum Gasteiger partial charge on any atom is 0.0594 e. The van der Waals surface area contributed by atoms with Crippen molar-refractivity contribution < 1.29 is 0 Å². The van der Waals surface area contributed by atoms with Crippen LogP contribution < -0.4 is 10.2 Å². The first kappa shape index (κ1) is 13.6. The van der Waals surface area contributed by atoms with E-state index in [-0.39, 0.29) is 0 Å². The highest BCUT2D eigenvalue weighted by atomic mass is 15.1. The van der Waals surface area contributed by atoms with Gasteiger partial charge < -0.3 is 10.2 Å². The van der Waals surface area contributed by atoms with Gasteiger partial charge in [0.25, 0.3) is 0 Å². The van der Waals surface area contributed by atoms with Crippen LogP contribution >= 0.6 is 0 Å². The molecular weight excluding hydrogens is 234 g/mol. The molecule has 0 spiro atoms. The van der Waals surface area contributed by atoms with E-state index in [1.165, 1.54) is 0 Å². The predicted octanol–water partition coefficient (Wildman–Crippen LogP) is 3.52. The summed E-state index contributed by atoms with van der Waals surface area (Å²) < 4.78 is 0. The molecule has 1 atom stereocenters. The summed E-state index contributed by atoms with van der Waals surface area (Å²) in [7, 11) is 4.03. The van der Waals surface area contributed by atoms with Gasteiger partial charge in [-0.3, -0.25) is 4.98 Å². The average molecular weight is 255 g/mol. The Balaban J connectivity index is 2.19. The lowest BCUT2D eigenvalue weighted by atomic mass is 10.1. The third-order valence-corrected chi connectivity index (χ3v) is 3.42. The summed E-state index contributed by atoms with van der Waals surface area (Å²) in [4.78, 5) is 6.70. The lowest BCUT2D eigenvalue weighted by Crippen LogP contribution is -2.17. The largest absolute Gasteiger partial charge is 0.343 e. The molecule has 3 heteroatoms. The van der Waals surface area contributed by atoms with E-state index in [1.807, 2.05) is 31.4 Å². The van der Waals surface area contributed by atoms with Crippen LogP contribution in [0.2, 0.25) is 0 Å². The van der Waals surface area contributed by atoms with Crippen molar-refractivity contribution in [1.29, 1.82) is 0 Å². The van der Waals surface area contributed by atoms with Gasteiger partial charge in [-0.05, 0) is 37.7 Å². The van der Waals surface area contributed by atoms with E-state index in [0.29, 0.717) is 6.04 Å². The van der Waals surface area contributed by atoms with Gasteiger partial charge in [0.2, 0.25) is 0 Å². The van der Waals surface area contributed by atoms with Crippen LogP contribution in [-0.2, 0) is 0 Å². The number of nitrogens with zero attached hydrogens (tertiary/aromatic N) is 2. The molecule has 0 saturated heterocycles. The van der Waals surface area contributed by atoms with Gasteiger partial charge in [0.1, 0.15) is 0 Å². The number of nitrogens with one attached hydrogen (secondary N) is 1. The van der Waals surface area contributed by atoms with E-state index in [1.54, 1.807) is 0 Å². The highest BCUT2D eigenvalue weighted by Crippen LogP contribution is 2.23. The molecule has 0 aliphatic carbocycles. The van der Waals surface area contributed by atoms with Crippen LogP contribution in [0.1, 0.15) is 25.1 Å². The van der Waals surface area contributed by atoms with Gasteiger partial charge in [-0.2, -0.15) is 0 Å². The van der Waals surface area contributed by atoms with Crippen LogP contribution in [0.4, 0.5) is 11.4 Å². The number of hydrogen-bond acceptors (Lipinski definition) is 3. The van der Waals surface area contributed by atoms with Crippen molar-refractivity contribution >= 4 is 11.4 Å². The van der Waals surface area contributed by atoms with E-state index in [0.717, 1.165) is 23.5 Å². The monoisotopic (exact) mass is 255 g/mol. The maximum atomic E-state index is 4.56. The number of rotatable bonds is 5. The lowest BCUT2D eigenvalue weighted by Gasteiger charge is -2.20. The Morgan fingerprint density at radius 2 is 1.84 bits per heavy atom. The zero-order chi connectivity index (χ0) is 13.7. The minimum Gasteiger partial charge on any atom is -0.343 e. The van der Waals surface area contributed by atoms with Crippen molar-refractivity contribution in [2.75, 3.05) is 19.0 Å². The van der Waals surface area contributed by atoms with Crippen LogP contribution in [-0.4, -0.2) is 19.1 Å². The molecule has 3 nitrogen and oxygen atoms in total. The smallest absolute Gasteiger partial charge is 0.0594 e. The van der Waals surface area contributed by atoms with Gasteiger partial charge in [-0.15, -0.1) is 0 Å². The topological polar surface area (TPSA) is 28.2 Å². The van der Waals surface area contributed by atoms with Gasteiger partial charge in [-0.25, -0.2) is 0 Å². The van der Waals surface area contributed by atoms with Crippen molar-refractivity contribution in [3.05, 3.63) is 54.4 Å². The molecule has 2 rings (SSSR count). The Kier molecular flexibility index (Phi) is 4.53. The summed E-state index contributed by atoms with van der Waals surface area (Å²) in [6.07, 6.45) is 2.97. The SMILES string of the molecule is CCC(NC)c1ccc(N(C)c2ccccc2)cn1. The Bertz CT molecular complexity index is 489. The maximum absolute atomic E-state index is 4.56. The summed E-state index contributed by atoms with van der Waals surface area (Å²) >= 11 is 0. The molecule has 0 aliphatic rings. The molecule has 1 aromatic heterocycles. The Morgan fingerprint density at radius 1 is 1.11 bits per heavy atom. The molecule has 0 amide bonds. The summed E-state index contributed by atoms with van der Waals surface area (Å²) in [5.74, 6) is 0. The van der Waals surface area contributed by atoms with Crippen molar-refractivity contribution in [3.8, 4) is 0 Å². The highest BCUT2D eigenvalue weighted by Gasteiger charge is 2.09. The molecule has 2 aromatic rings. The fourth-order valence-electron chi connectivity index (χ4n) is 2.16. The molecule has 100 valence electrons. The summed E-state index contributed by atoms with van der Waals surface area (Å²) in [6.45, 7) is 2.16. The van der Waals surface area contributed by atoms with E-state index in [9.17, 15) is 0 Å². The molecule has 0 bridgehead atoms. The molecule has 19 heavy (non-hydrogen) atoms. The molecule has 1 aromatic carbocycles. The van der Waals surface area contributed by atoms with Crippen molar-refractivity contribution in [2.45, 2.75) is 19.4 Å². The molecular formula is C16H21N3. The van der Waals surface area contributed by atoms with Crippen LogP contribution in [0.3, 0.4) is 0 Å². The molecule has 1 heterocycles. The Labute approximate surface area is 115 Å². The number of aromatic nitrogens is 1. The minimum absolute atomic E-state index is 0.330. The fourth-order valence-corrected chi connectivity index (χ4v) is 2.16. The fraction of sp³-hybridized carbons (Fsp3) is 0.312. The molecule has 0 radical (unpaired) electrons.